The number of carbonyl (C=O) groups excluding carboxylic acids is 1. The average Bonchev–Trinajstić information content (AvgIpc) is 2.93. The van der Waals surface area contributed by atoms with Crippen LogP contribution >= 0.6 is 11.3 Å². The number of rotatable bonds is 3. The Labute approximate surface area is 145 Å². The van der Waals surface area contributed by atoms with Gasteiger partial charge < -0.3 is 5.32 Å². The fraction of sp³-hybridized carbons (Fsp3) is 0.211. The zero-order chi connectivity index (χ0) is 17.3. The van der Waals surface area contributed by atoms with Crippen LogP contribution in [-0.2, 0) is 0 Å². The van der Waals surface area contributed by atoms with Crippen LogP contribution in [0.1, 0.15) is 32.1 Å². The molecular weight excluding hydrogens is 318 g/mol. The monoisotopic (exact) mass is 337 g/mol. The molecule has 0 radical (unpaired) electrons. The van der Waals surface area contributed by atoms with Gasteiger partial charge in [-0.05, 0) is 51.0 Å². The van der Waals surface area contributed by atoms with Gasteiger partial charge in [0.2, 0.25) is 0 Å². The van der Waals surface area contributed by atoms with Crippen LogP contribution in [0.25, 0.3) is 10.6 Å². The van der Waals surface area contributed by atoms with Crippen molar-refractivity contribution in [3.63, 3.8) is 0 Å². The molecule has 3 rings (SSSR count). The highest BCUT2D eigenvalue weighted by Crippen LogP contribution is 2.29. The summed E-state index contributed by atoms with van der Waals surface area (Å²) in [7, 11) is 0. The van der Waals surface area contributed by atoms with Gasteiger partial charge in [0.15, 0.2) is 0 Å². The van der Waals surface area contributed by atoms with E-state index in [-0.39, 0.29) is 5.91 Å². The van der Waals surface area contributed by atoms with Crippen LogP contribution in [0.5, 0.6) is 0 Å². The van der Waals surface area contributed by atoms with Gasteiger partial charge in [0.1, 0.15) is 9.88 Å². The van der Waals surface area contributed by atoms with Crippen LogP contribution in [0.4, 0.5) is 5.69 Å². The Morgan fingerprint density at radius 3 is 2.46 bits per heavy atom. The first kappa shape index (κ1) is 16.3. The van der Waals surface area contributed by atoms with E-state index in [4.69, 9.17) is 0 Å². The largest absolute Gasteiger partial charge is 0.321 e. The fourth-order valence-corrected chi connectivity index (χ4v) is 3.72. The highest BCUT2D eigenvalue weighted by atomic mass is 32.1. The van der Waals surface area contributed by atoms with E-state index in [1.165, 1.54) is 16.9 Å². The normalized spacial score (nSPS) is 10.7. The second kappa shape index (κ2) is 6.53. The molecular formula is C19H19N3OS. The summed E-state index contributed by atoms with van der Waals surface area (Å²) in [5.74, 6) is -0.116. The summed E-state index contributed by atoms with van der Waals surface area (Å²) in [6.07, 6.45) is 3.48. The quantitative estimate of drug-likeness (QED) is 0.754. The summed E-state index contributed by atoms with van der Waals surface area (Å²) in [6, 6.07) is 7.96. The molecule has 0 atom stereocenters. The standard InChI is InChI=1S/C19H19N3OS/c1-11-8-12(2)16(13(3)9-11)22-18(23)17-14(4)21-19(24-17)15-6-5-7-20-10-15/h5-10H,1-4H3,(H,22,23). The Morgan fingerprint density at radius 1 is 1.12 bits per heavy atom. The number of pyridine rings is 1. The number of carbonyl (C=O) groups is 1. The summed E-state index contributed by atoms with van der Waals surface area (Å²) in [5.41, 5.74) is 5.86. The number of hydrogen-bond acceptors (Lipinski definition) is 4. The smallest absolute Gasteiger partial charge is 0.267 e. The Balaban J connectivity index is 1.90. The predicted molar refractivity (Wildman–Crippen MR) is 98.7 cm³/mol. The third kappa shape index (κ3) is 3.21. The molecule has 122 valence electrons. The van der Waals surface area contributed by atoms with Gasteiger partial charge in [-0.3, -0.25) is 9.78 Å². The molecule has 0 saturated carbocycles. The zero-order valence-electron chi connectivity index (χ0n) is 14.2. The number of thiazole rings is 1. The molecule has 0 aliphatic heterocycles. The molecule has 5 heteroatoms. The first-order valence-electron chi connectivity index (χ1n) is 7.72. The number of hydrogen-bond donors (Lipinski definition) is 1. The lowest BCUT2D eigenvalue weighted by molar-refractivity contribution is 0.102. The second-order valence-corrected chi connectivity index (χ2v) is 6.90. The Bertz CT molecular complexity index is 877. The van der Waals surface area contributed by atoms with Crippen LogP contribution in [0.15, 0.2) is 36.7 Å². The highest BCUT2D eigenvalue weighted by Gasteiger charge is 2.18. The van der Waals surface area contributed by atoms with E-state index < -0.39 is 0 Å². The Kier molecular flexibility index (Phi) is 4.44. The van der Waals surface area contributed by atoms with Crippen LogP contribution in [0.3, 0.4) is 0 Å². The molecule has 1 aromatic carbocycles. The molecule has 3 aromatic rings. The molecule has 4 nitrogen and oxygen atoms in total. The molecule has 0 aliphatic rings. The van der Waals surface area contributed by atoms with Crippen molar-refractivity contribution in [2.24, 2.45) is 0 Å². The molecule has 1 amide bonds. The summed E-state index contributed by atoms with van der Waals surface area (Å²) >= 11 is 1.39. The van der Waals surface area contributed by atoms with Crippen molar-refractivity contribution in [2.75, 3.05) is 5.32 Å². The van der Waals surface area contributed by atoms with Crippen LogP contribution in [0.2, 0.25) is 0 Å². The van der Waals surface area contributed by atoms with E-state index in [2.05, 4.69) is 34.3 Å². The van der Waals surface area contributed by atoms with Crippen LogP contribution in [-0.4, -0.2) is 15.9 Å². The molecule has 2 heterocycles. The molecule has 1 N–H and O–H groups in total. The minimum absolute atomic E-state index is 0.116. The summed E-state index contributed by atoms with van der Waals surface area (Å²) in [6.45, 7) is 7.94. The number of aromatic nitrogens is 2. The Hall–Kier alpha value is -2.53. The molecule has 0 unspecified atom stereocenters. The first-order chi connectivity index (χ1) is 11.5. The highest BCUT2D eigenvalue weighted by molar-refractivity contribution is 7.17. The van der Waals surface area contributed by atoms with E-state index in [9.17, 15) is 4.79 Å². The van der Waals surface area contributed by atoms with Crippen molar-refractivity contribution in [3.05, 3.63) is 63.9 Å². The summed E-state index contributed by atoms with van der Waals surface area (Å²) in [5, 5.41) is 3.85. The Morgan fingerprint density at radius 2 is 1.83 bits per heavy atom. The van der Waals surface area contributed by atoms with E-state index >= 15 is 0 Å². The van der Waals surface area contributed by atoms with Gasteiger partial charge in [-0.1, -0.05) is 17.7 Å². The van der Waals surface area contributed by atoms with E-state index in [0.29, 0.717) is 4.88 Å². The lowest BCUT2D eigenvalue weighted by atomic mass is 10.1. The van der Waals surface area contributed by atoms with Crippen molar-refractivity contribution in [1.29, 1.82) is 0 Å². The third-order valence-corrected chi connectivity index (χ3v) is 5.03. The lowest BCUT2D eigenvalue weighted by Crippen LogP contribution is -2.13. The lowest BCUT2D eigenvalue weighted by Gasteiger charge is -2.12. The summed E-state index contributed by atoms with van der Waals surface area (Å²) in [4.78, 5) is 22.0. The number of anilines is 1. The van der Waals surface area contributed by atoms with Crippen molar-refractivity contribution in [1.82, 2.24) is 9.97 Å². The number of nitrogens with zero attached hydrogens (tertiary/aromatic N) is 2. The van der Waals surface area contributed by atoms with Crippen molar-refractivity contribution >= 4 is 22.9 Å². The van der Waals surface area contributed by atoms with Gasteiger partial charge in [-0.2, -0.15) is 0 Å². The molecule has 0 spiro atoms. The van der Waals surface area contributed by atoms with Gasteiger partial charge in [0.25, 0.3) is 5.91 Å². The molecule has 24 heavy (non-hydrogen) atoms. The number of nitrogens with one attached hydrogen (secondary N) is 1. The van der Waals surface area contributed by atoms with Gasteiger partial charge >= 0.3 is 0 Å². The van der Waals surface area contributed by atoms with Crippen molar-refractivity contribution in [2.45, 2.75) is 27.7 Å². The van der Waals surface area contributed by atoms with Crippen LogP contribution in [0, 0.1) is 27.7 Å². The minimum Gasteiger partial charge on any atom is -0.321 e. The van der Waals surface area contributed by atoms with E-state index in [1.54, 1.807) is 12.4 Å². The van der Waals surface area contributed by atoms with Gasteiger partial charge in [0.05, 0.1) is 5.69 Å². The van der Waals surface area contributed by atoms with Gasteiger partial charge in [-0.15, -0.1) is 11.3 Å². The predicted octanol–water partition coefficient (Wildman–Crippen LogP) is 4.69. The summed E-state index contributed by atoms with van der Waals surface area (Å²) < 4.78 is 0. The van der Waals surface area contributed by atoms with Crippen molar-refractivity contribution < 1.29 is 4.79 Å². The maximum Gasteiger partial charge on any atom is 0.267 e. The van der Waals surface area contributed by atoms with Gasteiger partial charge in [0, 0.05) is 23.6 Å². The third-order valence-electron chi connectivity index (χ3n) is 3.83. The molecule has 0 bridgehead atoms. The van der Waals surface area contributed by atoms with Crippen LogP contribution < -0.4 is 5.32 Å². The second-order valence-electron chi connectivity index (χ2n) is 5.90. The maximum absolute atomic E-state index is 12.7. The molecule has 0 fully saturated rings. The maximum atomic E-state index is 12.7. The number of aryl methyl sites for hydroxylation is 4. The SMILES string of the molecule is Cc1cc(C)c(NC(=O)c2sc(-c3cccnc3)nc2C)c(C)c1. The molecule has 0 saturated heterocycles. The number of benzene rings is 1. The van der Waals surface area contributed by atoms with E-state index in [0.717, 1.165) is 33.1 Å². The average molecular weight is 337 g/mol. The first-order valence-corrected chi connectivity index (χ1v) is 8.54. The number of amides is 1. The van der Waals surface area contributed by atoms with E-state index in [1.807, 2.05) is 32.9 Å². The molecule has 0 aliphatic carbocycles. The molecule has 2 aromatic heterocycles. The topological polar surface area (TPSA) is 54.9 Å². The van der Waals surface area contributed by atoms with Crippen molar-refractivity contribution in [3.8, 4) is 10.6 Å². The zero-order valence-corrected chi connectivity index (χ0v) is 15.0. The van der Waals surface area contributed by atoms with Gasteiger partial charge in [-0.25, -0.2) is 4.98 Å². The fourth-order valence-electron chi connectivity index (χ4n) is 2.77. The minimum atomic E-state index is -0.116.